The lowest BCUT2D eigenvalue weighted by Gasteiger charge is -2.30. The molecule has 0 saturated carbocycles. The summed E-state index contributed by atoms with van der Waals surface area (Å²) in [5.74, 6) is -3.05. The molecule has 33 heavy (non-hydrogen) atoms. The molecular formula is C22H35N3O8. The van der Waals surface area contributed by atoms with E-state index in [9.17, 15) is 29.1 Å². The molecule has 2 heterocycles. The maximum Gasteiger partial charge on any atom is 0.408 e. The lowest BCUT2D eigenvalue weighted by molar-refractivity contribution is -0.147. The van der Waals surface area contributed by atoms with Crippen LogP contribution in [0.5, 0.6) is 0 Å². The number of likely N-dealkylation sites (tertiary alicyclic amines) is 1. The largest absolute Gasteiger partial charge is 0.480 e. The minimum atomic E-state index is -1.31. The molecule has 2 N–H and O–H groups in total. The molecule has 2 aliphatic heterocycles. The van der Waals surface area contributed by atoms with Crippen LogP contribution < -0.4 is 5.32 Å². The Hall–Kier alpha value is -2.85. The molecule has 0 radical (unpaired) electrons. The predicted octanol–water partition coefficient (Wildman–Crippen LogP) is 1.14. The summed E-state index contributed by atoms with van der Waals surface area (Å²) in [7, 11) is 0. The minimum Gasteiger partial charge on any atom is -0.480 e. The molecule has 0 aromatic carbocycles. The third-order valence-corrected chi connectivity index (χ3v) is 5.36. The number of aliphatic carboxylic acids is 1. The van der Waals surface area contributed by atoms with Gasteiger partial charge >= 0.3 is 18.0 Å². The number of carbonyl (C=O) groups excluding carboxylic acids is 4. The van der Waals surface area contributed by atoms with E-state index in [2.05, 4.69) is 5.32 Å². The smallest absolute Gasteiger partial charge is 0.408 e. The van der Waals surface area contributed by atoms with Crippen molar-refractivity contribution in [3.05, 3.63) is 0 Å². The standard InChI is InChI=1S/C22H35N3O8/c1-7-32-20(30)16-15(19(28)29)25(16)18(27)14-9-8-10-24(14)17(26)13(11-12(2)3)23-21(31)33-22(4,5)6/h12-16H,7-11H2,1-6H3,(H,23,31)(H,28,29)/t13-,14+,15?,16?,25?/m0/s1. The topological polar surface area (TPSA) is 142 Å². The van der Waals surface area contributed by atoms with Gasteiger partial charge in [0.05, 0.1) is 6.61 Å². The number of rotatable bonds is 8. The molecule has 0 spiro atoms. The summed E-state index contributed by atoms with van der Waals surface area (Å²) in [6.07, 6.45) is 0.480. The van der Waals surface area contributed by atoms with Crippen LogP contribution in [0.15, 0.2) is 0 Å². The molecule has 2 aliphatic rings. The summed E-state index contributed by atoms with van der Waals surface area (Å²) in [5, 5.41) is 12.0. The lowest BCUT2D eigenvalue weighted by Crippen LogP contribution is -2.53. The first-order valence-electron chi connectivity index (χ1n) is 11.3. The second-order valence-corrected chi connectivity index (χ2v) is 9.74. The maximum atomic E-state index is 13.4. The van der Waals surface area contributed by atoms with E-state index in [1.54, 1.807) is 27.7 Å². The number of alkyl carbamates (subject to hydrolysis) is 1. The Morgan fingerprint density at radius 3 is 2.27 bits per heavy atom. The number of hydrogen-bond acceptors (Lipinski definition) is 7. The highest BCUT2D eigenvalue weighted by Crippen LogP contribution is 2.34. The molecule has 2 fully saturated rings. The van der Waals surface area contributed by atoms with E-state index >= 15 is 0 Å². The fraction of sp³-hybridized carbons (Fsp3) is 0.773. The number of amides is 3. The number of carbonyl (C=O) groups is 5. The number of carboxylic acids is 1. The zero-order valence-corrected chi connectivity index (χ0v) is 20.1. The Bertz CT molecular complexity index is 791. The summed E-state index contributed by atoms with van der Waals surface area (Å²) >= 11 is 0. The Morgan fingerprint density at radius 2 is 1.76 bits per heavy atom. The SMILES string of the molecule is CCOC(=O)C1C(C(=O)O)N1C(=O)[C@H]1CCCN1C(=O)[C@H](CC(C)C)NC(=O)OC(C)(C)C. The van der Waals surface area contributed by atoms with Gasteiger partial charge in [0, 0.05) is 6.54 Å². The highest BCUT2D eigenvalue weighted by atomic mass is 16.6. The second-order valence-electron chi connectivity index (χ2n) is 9.74. The van der Waals surface area contributed by atoms with Gasteiger partial charge in [-0.25, -0.2) is 14.4 Å². The molecule has 11 heteroatoms. The van der Waals surface area contributed by atoms with Gasteiger partial charge in [0.25, 0.3) is 0 Å². The van der Waals surface area contributed by atoms with Gasteiger partial charge in [0.1, 0.15) is 17.7 Å². The molecule has 11 nitrogen and oxygen atoms in total. The Kier molecular flexibility index (Phi) is 8.31. The number of carboxylic acid groups (broad SMARTS) is 1. The Morgan fingerprint density at radius 1 is 1.12 bits per heavy atom. The van der Waals surface area contributed by atoms with Crippen molar-refractivity contribution in [3.63, 3.8) is 0 Å². The van der Waals surface area contributed by atoms with Crippen molar-refractivity contribution in [1.82, 2.24) is 15.1 Å². The van der Waals surface area contributed by atoms with E-state index in [1.807, 2.05) is 13.8 Å². The summed E-state index contributed by atoms with van der Waals surface area (Å²) < 4.78 is 10.2. The highest BCUT2D eigenvalue weighted by molar-refractivity contribution is 6.03. The van der Waals surface area contributed by atoms with Crippen molar-refractivity contribution in [2.45, 2.75) is 90.6 Å². The van der Waals surface area contributed by atoms with Crippen molar-refractivity contribution in [2.24, 2.45) is 5.92 Å². The summed E-state index contributed by atoms with van der Waals surface area (Å²) in [4.78, 5) is 64.8. The van der Waals surface area contributed by atoms with Gasteiger partial charge in [0.2, 0.25) is 11.8 Å². The molecule has 2 rings (SSSR count). The Balaban J connectivity index is 2.17. The van der Waals surface area contributed by atoms with E-state index in [1.165, 1.54) is 4.90 Å². The molecule has 4 atom stereocenters. The number of ether oxygens (including phenoxy) is 2. The minimum absolute atomic E-state index is 0.0605. The van der Waals surface area contributed by atoms with Crippen LogP contribution in [0.3, 0.4) is 0 Å². The Labute approximate surface area is 193 Å². The zero-order valence-electron chi connectivity index (χ0n) is 20.1. The highest BCUT2D eigenvalue weighted by Gasteiger charge is 2.63. The van der Waals surface area contributed by atoms with Crippen LogP contribution in [0.1, 0.15) is 60.8 Å². The van der Waals surface area contributed by atoms with Crippen LogP contribution in [0.25, 0.3) is 0 Å². The average molecular weight is 470 g/mol. The average Bonchev–Trinajstić information content (AvgIpc) is 3.24. The fourth-order valence-electron chi connectivity index (χ4n) is 4.03. The van der Waals surface area contributed by atoms with Gasteiger partial charge < -0.3 is 29.7 Å². The van der Waals surface area contributed by atoms with Crippen molar-refractivity contribution in [2.75, 3.05) is 13.2 Å². The van der Waals surface area contributed by atoms with Crippen LogP contribution in [0.2, 0.25) is 0 Å². The normalized spacial score (nSPS) is 23.2. The van der Waals surface area contributed by atoms with E-state index in [0.717, 1.165) is 4.90 Å². The zero-order chi connectivity index (χ0) is 25.1. The van der Waals surface area contributed by atoms with Crippen LogP contribution in [0.4, 0.5) is 4.79 Å². The van der Waals surface area contributed by atoms with Gasteiger partial charge in [-0.05, 0) is 52.9 Å². The van der Waals surface area contributed by atoms with Crippen molar-refractivity contribution in [3.8, 4) is 0 Å². The number of esters is 1. The molecule has 0 aliphatic carbocycles. The number of nitrogens with one attached hydrogen (secondary N) is 1. The first kappa shape index (κ1) is 26.4. The monoisotopic (exact) mass is 469 g/mol. The van der Waals surface area contributed by atoms with Gasteiger partial charge in [-0.1, -0.05) is 13.8 Å². The first-order chi connectivity index (χ1) is 15.3. The van der Waals surface area contributed by atoms with E-state index in [0.29, 0.717) is 19.3 Å². The van der Waals surface area contributed by atoms with Crippen LogP contribution in [0, 0.1) is 5.92 Å². The molecule has 186 valence electrons. The van der Waals surface area contributed by atoms with Gasteiger partial charge in [0.15, 0.2) is 12.1 Å². The fourth-order valence-corrected chi connectivity index (χ4v) is 4.03. The lowest BCUT2D eigenvalue weighted by atomic mass is 10.0. The molecule has 0 aromatic heterocycles. The van der Waals surface area contributed by atoms with Gasteiger partial charge in [-0.3, -0.25) is 9.59 Å². The molecular weight excluding hydrogens is 434 g/mol. The third-order valence-electron chi connectivity index (χ3n) is 5.36. The summed E-state index contributed by atoms with van der Waals surface area (Å²) in [6, 6.07) is -4.31. The number of nitrogens with zero attached hydrogens (tertiary/aromatic N) is 2. The van der Waals surface area contributed by atoms with Crippen LogP contribution >= 0.6 is 0 Å². The van der Waals surface area contributed by atoms with Crippen molar-refractivity contribution in [1.29, 1.82) is 0 Å². The maximum absolute atomic E-state index is 13.4. The van der Waals surface area contributed by atoms with Gasteiger partial charge in [-0.2, -0.15) is 0 Å². The molecule has 2 unspecified atom stereocenters. The number of hydrogen-bond donors (Lipinski definition) is 2. The molecule has 2 saturated heterocycles. The third kappa shape index (κ3) is 6.58. The quantitative estimate of drug-likeness (QED) is 0.398. The van der Waals surface area contributed by atoms with E-state index in [-0.39, 0.29) is 19.1 Å². The molecule has 0 aromatic rings. The summed E-state index contributed by atoms with van der Waals surface area (Å²) in [6.45, 7) is 10.9. The van der Waals surface area contributed by atoms with Crippen molar-refractivity contribution >= 4 is 29.8 Å². The first-order valence-corrected chi connectivity index (χ1v) is 11.3. The van der Waals surface area contributed by atoms with E-state index < -0.39 is 59.6 Å². The molecule has 0 bridgehead atoms. The van der Waals surface area contributed by atoms with E-state index in [4.69, 9.17) is 9.47 Å². The van der Waals surface area contributed by atoms with Crippen molar-refractivity contribution < 1.29 is 38.6 Å². The second kappa shape index (κ2) is 10.4. The van der Waals surface area contributed by atoms with Crippen LogP contribution in [-0.2, 0) is 28.7 Å². The van der Waals surface area contributed by atoms with Crippen LogP contribution in [-0.4, -0.2) is 87.7 Å². The predicted molar refractivity (Wildman–Crippen MR) is 116 cm³/mol. The summed E-state index contributed by atoms with van der Waals surface area (Å²) in [5.41, 5.74) is -0.741. The van der Waals surface area contributed by atoms with Gasteiger partial charge in [-0.15, -0.1) is 0 Å². The molecule has 3 amide bonds.